The second-order valence-electron chi connectivity index (χ2n) is 7.00. The number of ketones is 1. The molecule has 2 aliphatic rings. The fourth-order valence-corrected chi connectivity index (χ4v) is 3.86. The normalized spacial score (nSPS) is 20.2. The lowest BCUT2D eigenvalue weighted by Crippen LogP contribution is -2.51. The predicted octanol–water partition coefficient (Wildman–Crippen LogP) is 2.15. The van der Waals surface area contributed by atoms with Crippen LogP contribution < -0.4 is 0 Å². The summed E-state index contributed by atoms with van der Waals surface area (Å²) in [6.45, 7) is 7.47. The highest BCUT2D eigenvalue weighted by molar-refractivity contribution is 5.98. The van der Waals surface area contributed by atoms with E-state index in [4.69, 9.17) is 0 Å². The number of nitrogens with one attached hydrogen (secondary N) is 1. The van der Waals surface area contributed by atoms with Gasteiger partial charge in [-0.25, -0.2) is 0 Å². The molecule has 0 radical (unpaired) electrons. The molecule has 1 aliphatic carbocycles. The summed E-state index contributed by atoms with van der Waals surface area (Å²) in [7, 11) is 0. The van der Waals surface area contributed by atoms with Gasteiger partial charge in [-0.3, -0.25) is 14.5 Å². The maximum atomic E-state index is 12.4. The minimum Gasteiger partial charge on any atom is -0.362 e. The van der Waals surface area contributed by atoms with Crippen molar-refractivity contribution >= 4 is 11.7 Å². The quantitative estimate of drug-likeness (QED) is 0.866. The smallest absolute Gasteiger partial charge is 0.225 e. The van der Waals surface area contributed by atoms with Crippen LogP contribution in [-0.2, 0) is 4.79 Å². The Balaban J connectivity index is 1.50. The van der Waals surface area contributed by atoms with Gasteiger partial charge in [-0.15, -0.1) is 0 Å². The number of piperazine rings is 1. The van der Waals surface area contributed by atoms with Crippen LogP contribution in [-0.4, -0.2) is 59.2 Å². The lowest BCUT2D eigenvalue weighted by Gasteiger charge is -2.35. The molecule has 23 heavy (non-hydrogen) atoms. The van der Waals surface area contributed by atoms with E-state index >= 15 is 0 Å². The molecule has 5 heteroatoms. The van der Waals surface area contributed by atoms with Gasteiger partial charge in [0, 0.05) is 49.0 Å². The van der Waals surface area contributed by atoms with Gasteiger partial charge in [0.2, 0.25) is 5.91 Å². The van der Waals surface area contributed by atoms with Gasteiger partial charge in [0.05, 0.1) is 6.54 Å². The summed E-state index contributed by atoms with van der Waals surface area (Å²) in [5, 5.41) is 0. The van der Waals surface area contributed by atoms with E-state index < -0.39 is 0 Å². The van der Waals surface area contributed by atoms with Crippen LogP contribution in [0.5, 0.6) is 0 Å². The number of nitrogens with zero attached hydrogens (tertiary/aromatic N) is 2. The summed E-state index contributed by atoms with van der Waals surface area (Å²) in [6.07, 6.45) is 4.51. The van der Waals surface area contributed by atoms with Crippen LogP contribution in [0, 0.1) is 19.8 Å². The molecule has 0 spiro atoms. The molecule has 2 heterocycles. The Morgan fingerprint density at radius 1 is 1.13 bits per heavy atom. The van der Waals surface area contributed by atoms with Crippen LogP contribution in [0.2, 0.25) is 0 Å². The zero-order valence-corrected chi connectivity index (χ0v) is 14.2. The van der Waals surface area contributed by atoms with Crippen molar-refractivity contribution in [2.24, 2.45) is 5.92 Å². The van der Waals surface area contributed by atoms with Gasteiger partial charge < -0.3 is 9.88 Å². The zero-order valence-electron chi connectivity index (χ0n) is 14.2. The Labute approximate surface area is 138 Å². The second-order valence-corrected chi connectivity index (χ2v) is 7.00. The minimum absolute atomic E-state index is 0.169. The van der Waals surface area contributed by atoms with Crippen LogP contribution in [0.15, 0.2) is 6.07 Å². The van der Waals surface area contributed by atoms with Gasteiger partial charge in [0.1, 0.15) is 0 Å². The number of amides is 1. The Morgan fingerprint density at radius 3 is 2.35 bits per heavy atom. The molecular formula is C18H27N3O2. The standard InChI is InChI=1S/C18H27N3O2/c1-13-11-16(14(2)19-13)17(22)12-20-7-9-21(10-8-20)18(23)15-5-3-4-6-15/h11,15,19H,3-10,12H2,1-2H3. The number of hydrogen-bond donors (Lipinski definition) is 1. The van der Waals surface area contributed by atoms with Crippen molar-refractivity contribution in [3.8, 4) is 0 Å². The molecule has 0 bridgehead atoms. The number of aromatic amines is 1. The molecule has 1 saturated carbocycles. The largest absolute Gasteiger partial charge is 0.362 e. The third kappa shape index (κ3) is 3.66. The molecule has 126 valence electrons. The predicted molar refractivity (Wildman–Crippen MR) is 89.6 cm³/mol. The number of hydrogen-bond acceptors (Lipinski definition) is 3. The summed E-state index contributed by atoms with van der Waals surface area (Å²) < 4.78 is 0. The maximum Gasteiger partial charge on any atom is 0.225 e. The van der Waals surface area contributed by atoms with Gasteiger partial charge in [-0.05, 0) is 32.8 Å². The first kappa shape index (κ1) is 16.2. The zero-order chi connectivity index (χ0) is 16.4. The molecule has 3 rings (SSSR count). The topological polar surface area (TPSA) is 56.4 Å². The van der Waals surface area contributed by atoms with Crippen LogP contribution in [0.4, 0.5) is 0 Å². The SMILES string of the molecule is Cc1cc(C(=O)CN2CCN(C(=O)C3CCCC3)CC2)c(C)[nH]1. The monoisotopic (exact) mass is 317 g/mol. The van der Waals surface area contributed by atoms with E-state index in [2.05, 4.69) is 9.88 Å². The molecule has 1 aliphatic heterocycles. The van der Waals surface area contributed by atoms with E-state index in [0.29, 0.717) is 12.5 Å². The number of carbonyl (C=O) groups is 2. The minimum atomic E-state index is 0.169. The number of rotatable bonds is 4. The van der Waals surface area contributed by atoms with Gasteiger partial charge in [-0.1, -0.05) is 12.8 Å². The summed E-state index contributed by atoms with van der Waals surface area (Å²) >= 11 is 0. The molecule has 0 unspecified atom stereocenters. The van der Waals surface area contributed by atoms with Crippen molar-refractivity contribution in [3.05, 3.63) is 23.0 Å². The first-order valence-electron chi connectivity index (χ1n) is 8.75. The van der Waals surface area contributed by atoms with Crippen LogP contribution >= 0.6 is 0 Å². The van der Waals surface area contributed by atoms with Gasteiger partial charge in [0.15, 0.2) is 5.78 Å². The molecule has 2 fully saturated rings. The first-order chi connectivity index (χ1) is 11.0. The molecule has 0 aromatic carbocycles. The average molecular weight is 317 g/mol. The van der Waals surface area contributed by atoms with E-state index in [1.807, 2.05) is 24.8 Å². The second kappa shape index (κ2) is 6.87. The van der Waals surface area contributed by atoms with E-state index in [1.54, 1.807) is 0 Å². The van der Waals surface area contributed by atoms with Gasteiger partial charge >= 0.3 is 0 Å². The fraction of sp³-hybridized carbons (Fsp3) is 0.667. The Bertz CT molecular complexity index is 579. The van der Waals surface area contributed by atoms with Crippen molar-refractivity contribution in [2.45, 2.75) is 39.5 Å². The van der Waals surface area contributed by atoms with Crippen molar-refractivity contribution in [3.63, 3.8) is 0 Å². The van der Waals surface area contributed by atoms with E-state index in [1.165, 1.54) is 12.8 Å². The van der Waals surface area contributed by atoms with Crippen molar-refractivity contribution in [1.82, 2.24) is 14.8 Å². The van der Waals surface area contributed by atoms with Crippen molar-refractivity contribution < 1.29 is 9.59 Å². The number of Topliss-reactive ketones (excluding diaryl/α,β-unsaturated/α-hetero) is 1. The van der Waals surface area contributed by atoms with Gasteiger partial charge in [0.25, 0.3) is 0 Å². The summed E-state index contributed by atoms with van der Waals surface area (Å²) in [5.74, 6) is 0.765. The number of H-pyrrole nitrogens is 1. The van der Waals surface area contributed by atoms with Crippen LogP contribution in [0.1, 0.15) is 47.4 Å². The summed E-state index contributed by atoms with van der Waals surface area (Å²) in [6, 6.07) is 1.93. The first-order valence-corrected chi connectivity index (χ1v) is 8.75. The van der Waals surface area contributed by atoms with Crippen LogP contribution in [0.25, 0.3) is 0 Å². The highest BCUT2D eigenvalue weighted by Crippen LogP contribution is 2.27. The van der Waals surface area contributed by atoms with Crippen molar-refractivity contribution in [2.75, 3.05) is 32.7 Å². The molecule has 1 aromatic heterocycles. The number of aromatic nitrogens is 1. The molecule has 1 amide bonds. The van der Waals surface area contributed by atoms with E-state index in [9.17, 15) is 9.59 Å². The molecule has 1 aromatic rings. The third-order valence-electron chi connectivity index (χ3n) is 5.21. The highest BCUT2D eigenvalue weighted by atomic mass is 16.2. The lowest BCUT2D eigenvalue weighted by atomic mass is 10.1. The highest BCUT2D eigenvalue weighted by Gasteiger charge is 2.29. The molecule has 5 nitrogen and oxygen atoms in total. The Kier molecular flexibility index (Phi) is 4.85. The van der Waals surface area contributed by atoms with E-state index in [-0.39, 0.29) is 11.7 Å². The third-order valence-corrected chi connectivity index (χ3v) is 5.21. The molecule has 0 atom stereocenters. The summed E-state index contributed by atoms with van der Waals surface area (Å²) in [4.78, 5) is 32.2. The number of carbonyl (C=O) groups excluding carboxylic acids is 2. The number of aryl methyl sites for hydroxylation is 2. The molecular weight excluding hydrogens is 290 g/mol. The van der Waals surface area contributed by atoms with E-state index in [0.717, 1.165) is 56.0 Å². The lowest BCUT2D eigenvalue weighted by molar-refractivity contribution is -0.137. The Morgan fingerprint density at radius 2 is 1.78 bits per heavy atom. The van der Waals surface area contributed by atoms with Gasteiger partial charge in [-0.2, -0.15) is 0 Å². The average Bonchev–Trinajstić information content (AvgIpc) is 3.17. The summed E-state index contributed by atoms with van der Waals surface area (Å²) in [5.41, 5.74) is 2.77. The fourth-order valence-electron chi connectivity index (χ4n) is 3.86. The van der Waals surface area contributed by atoms with Crippen molar-refractivity contribution in [1.29, 1.82) is 0 Å². The van der Waals surface area contributed by atoms with Crippen LogP contribution in [0.3, 0.4) is 0 Å². The Hall–Kier alpha value is -1.62. The molecule has 1 saturated heterocycles. The molecule has 1 N–H and O–H groups in total. The maximum absolute atomic E-state index is 12.4.